The first-order valence-corrected chi connectivity index (χ1v) is 9.01. The molecule has 0 N–H and O–H groups in total. The van der Waals surface area contributed by atoms with E-state index in [0.29, 0.717) is 12.8 Å². The van der Waals surface area contributed by atoms with Crippen molar-refractivity contribution in [2.75, 3.05) is 0 Å². The molecule has 0 aromatic heterocycles. The van der Waals surface area contributed by atoms with E-state index >= 15 is 0 Å². The van der Waals surface area contributed by atoms with E-state index in [-0.39, 0.29) is 5.92 Å². The maximum atomic E-state index is 11.1. The Kier molecular flexibility index (Phi) is 5.41. The van der Waals surface area contributed by atoms with Crippen LogP contribution in [0, 0.1) is 5.92 Å². The standard InChI is InChI=1S/C7H10Cl5O2P/c8-7(9,10)5-3-1-2-4-6(5)14-15(11,12)13/h5-6H,1-4H2. The quantitative estimate of drug-likeness (QED) is 0.491. The van der Waals surface area contributed by atoms with Crippen LogP contribution in [0.25, 0.3) is 0 Å². The van der Waals surface area contributed by atoms with Crippen LogP contribution in [-0.2, 0) is 9.09 Å². The van der Waals surface area contributed by atoms with Gasteiger partial charge in [0.05, 0.1) is 6.10 Å². The number of alkyl halides is 3. The first-order chi connectivity index (χ1) is 6.70. The fourth-order valence-corrected chi connectivity index (χ4v) is 3.69. The second kappa shape index (κ2) is 5.52. The van der Waals surface area contributed by atoms with Crippen LogP contribution in [0.4, 0.5) is 0 Å². The summed E-state index contributed by atoms with van der Waals surface area (Å²) in [5.41, 5.74) is 0. The molecule has 0 spiro atoms. The van der Waals surface area contributed by atoms with Crippen LogP contribution in [0.2, 0.25) is 0 Å². The molecule has 0 aromatic rings. The molecule has 0 aliphatic heterocycles. The highest BCUT2D eigenvalue weighted by molar-refractivity contribution is 8.05. The van der Waals surface area contributed by atoms with Crippen molar-refractivity contribution in [3.63, 3.8) is 0 Å². The molecular formula is C7H10Cl5O2P. The Hall–Kier alpha value is 1.64. The van der Waals surface area contributed by atoms with Gasteiger partial charge in [0.2, 0.25) is 0 Å². The summed E-state index contributed by atoms with van der Waals surface area (Å²) >= 11 is 28.1. The molecule has 15 heavy (non-hydrogen) atoms. The van der Waals surface area contributed by atoms with Crippen LogP contribution in [0.5, 0.6) is 0 Å². The van der Waals surface area contributed by atoms with Crippen LogP contribution in [-0.4, -0.2) is 9.90 Å². The summed E-state index contributed by atoms with van der Waals surface area (Å²) in [5, 5.41) is 0. The summed E-state index contributed by atoms with van der Waals surface area (Å²) in [6, 6.07) is 0. The zero-order chi connectivity index (χ0) is 11.7. The van der Waals surface area contributed by atoms with Gasteiger partial charge in [0.1, 0.15) is 0 Å². The van der Waals surface area contributed by atoms with E-state index in [2.05, 4.69) is 0 Å². The molecule has 90 valence electrons. The summed E-state index contributed by atoms with van der Waals surface area (Å²) in [5.74, 6) is -0.318. The van der Waals surface area contributed by atoms with E-state index in [1.807, 2.05) is 0 Å². The van der Waals surface area contributed by atoms with Gasteiger partial charge in [-0.3, -0.25) is 4.57 Å². The first kappa shape index (κ1) is 14.7. The lowest BCUT2D eigenvalue weighted by Gasteiger charge is -2.35. The molecular weight excluding hydrogens is 324 g/mol. The Bertz CT molecular complexity index is 261. The molecule has 0 amide bonds. The predicted octanol–water partition coefficient (Wildman–Crippen LogP) is 5.52. The van der Waals surface area contributed by atoms with Crippen LogP contribution >= 0.6 is 63.4 Å². The van der Waals surface area contributed by atoms with Crippen molar-refractivity contribution in [2.45, 2.75) is 35.6 Å². The van der Waals surface area contributed by atoms with Gasteiger partial charge in [0.15, 0.2) is 3.79 Å². The van der Waals surface area contributed by atoms with Gasteiger partial charge in [0, 0.05) is 5.92 Å². The highest BCUT2D eigenvalue weighted by Gasteiger charge is 2.42. The maximum Gasteiger partial charge on any atom is 0.380 e. The first-order valence-electron chi connectivity index (χ1n) is 4.44. The van der Waals surface area contributed by atoms with Crippen molar-refractivity contribution >= 4 is 63.4 Å². The van der Waals surface area contributed by atoms with E-state index < -0.39 is 16.0 Å². The van der Waals surface area contributed by atoms with Gasteiger partial charge in [-0.25, -0.2) is 0 Å². The van der Waals surface area contributed by atoms with E-state index in [1.165, 1.54) is 0 Å². The highest BCUT2D eigenvalue weighted by atomic mass is 35.9. The minimum absolute atomic E-state index is 0.318. The fourth-order valence-electron chi connectivity index (χ4n) is 1.76. The fraction of sp³-hybridized carbons (Fsp3) is 1.00. The molecule has 0 radical (unpaired) electrons. The maximum absolute atomic E-state index is 11.1. The zero-order valence-corrected chi connectivity index (χ0v) is 12.3. The van der Waals surface area contributed by atoms with Gasteiger partial charge in [-0.1, -0.05) is 47.6 Å². The Morgan fingerprint density at radius 2 is 1.67 bits per heavy atom. The lowest BCUT2D eigenvalue weighted by molar-refractivity contribution is 0.104. The molecule has 1 fully saturated rings. The summed E-state index contributed by atoms with van der Waals surface area (Å²) < 4.78 is 14.7. The lowest BCUT2D eigenvalue weighted by Crippen LogP contribution is -2.35. The topological polar surface area (TPSA) is 26.3 Å². The second-order valence-corrected chi connectivity index (χ2v) is 10.1. The van der Waals surface area contributed by atoms with Crippen molar-refractivity contribution in [3.8, 4) is 0 Å². The van der Waals surface area contributed by atoms with E-state index in [1.54, 1.807) is 0 Å². The summed E-state index contributed by atoms with van der Waals surface area (Å²) in [6.07, 6.45) is -0.788. The van der Waals surface area contributed by atoms with Crippen molar-refractivity contribution in [3.05, 3.63) is 0 Å². The largest absolute Gasteiger partial charge is 0.380 e. The van der Waals surface area contributed by atoms with Gasteiger partial charge < -0.3 is 4.52 Å². The van der Waals surface area contributed by atoms with Crippen molar-refractivity contribution in [1.82, 2.24) is 0 Å². The molecule has 8 heteroatoms. The van der Waals surface area contributed by atoms with Crippen LogP contribution in [0.15, 0.2) is 0 Å². The predicted molar refractivity (Wildman–Crippen MR) is 66.4 cm³/mol. The second-order valence-electron chi connectivity index (χ2n) is 3.49. The van der Waals surface area contributed by atoms with E-state index in [0.717, 1.165) is 12.8 Å². The normalized spacial score (nSPS) is 29.1. The monoisotopic (exact) mass is 332 g/mol. The molecule has 1 aliphatic rings. The van der Waals surface area contributed by atoms with Gasteiger partial charge in [0.25, 0.3) is 0 Å². The molecule has 0 heterocycles. The molecule has 1 rings (SSSR count). The Labute approximate surface area is 114 Å². The molecule has 2 nitrogen and oxygen atoms in total. The van der Waals surface area contributed by atoms with Gasteiger partial charge in [-0.2, -0.15) is 0 Å². The highest BCUT2D eigenvalue weighted by Crippen LogP contribution is 2.61. The number of hydrogen-bond donors (Lipinski definition) is 0. The summed E-state index contributed by atoms with van der Waals surface area (Å²) in [6.45, 7) is 0. The minimum Gasteiger partial charge on any atom is -0.302 e. The molecule has 1 aliphatic carbocycles. The smallest absolute Gasteiger partial charge is 0.302 e. The van der Waals surface area contributed by atoms with Gasteiger partial charge >= 0.3 is 6.07 Å². The lowest BCUT2D eigenvalue weighted by atomic mass is 9.88. The minimum atomic E-state index is -3.57. The SMILES string of the molecule is O=P(Cl)(Cl)OC1CCCCC1C(Cl)(Cl)Cl. The third kappa shape index (κ3) is 5.21. The number of hydrogen-bond acceptors (Lipinski definition) is 2. The van der Waals surface area contributed by atoms with E-state index in [4.69, 9.17) is 61.8 Å². The number of rotatable bonds is 2. The molecule has 0 saturated heterocycles. The average Bonchev–Trinajstić information content (AvgIpc) is 1.99. The van der Waals surface area contributed by atoms with Crippen LogP contribution in [0.1, 0.15) is 25.7 Å². The van der Waals surface area contributed by atoms with Crippen molar-refractivity contribution in [2.24, 2.45) is 5.92 Å². The van der Waals surface area contributed by atoms with Gasteiger partial charge in [-0.15, -0.1) is 0 Å². The Morgan fingerprint density at radius 1 is 1.13 bits per heavy atom. The molecule has 2 atom stereocenters. The molecule has 0 bridgehead atoms. The van der Waals surface area contributed by atoms with E-state index in [9.17, 15) is 4.57 Å². The van der Waals surface area contributed by atoms with Crippen molar-refractivity contribution in [1.29, 1.82) is 0 Å². The number of halogens is 5. The van der Waals surface area contributed by atoms with Crippen LogP contribution < -0.4 is 0 Å². The summed E-state index contributed by atoms with van der Waals surface area (Å²) in [4.78, 5) is 0. The van der Waals surface area contributed by atoms with Gasteiger partial charge in [-0.05, 0) is 35.3 Å². The molecule has 2 unspecified atom stereocenters. The Balaban J connectivity index is 2.71. The Morgan fingerprint density at radius 3 is 2.13 bits per heavy atom. The van der Waals surface area contributed by atoms with Crippen LogP contribution in [0.3, 0.4) is 0 Å². The van der Waals surface area contributed by atoms with Crippen molar-refractivity contribution < 1.29 is 9.09 Å². The third-order valence-corrected chi connectivity index (χ3v) is 4.22. The summed E-state index contributed by atoms with van der Waals surface area (Å²) in [7, 11) is 0. The third-order valence-electron chi connectivity index (χ3n) is 2.38. The molecule has 0 aromatic carbocycles. The zero-order valence-electron chi connectivity index (χ0n) is 7.64. The molecule has 1 saturated carbocycles. The average molecular weight is 334 g/mol.